The van der Waals surface area contributed by atoms with Gasteiger partial charge in [0.15, 0.2) is 0 Å². The molecule has 0 spiro atoms. The van der Waals surface area contributed by atoms with E-state index in [1.807, 2.05) is 4.72 Å². The first-order chi connectivity index (χ1) is 8.65. The van der Waals surface area contributed by atoms with Crippen LogP contribution in [0.3, 0.4) is 0 Å². The quantitative estimate of drug-likeness (QED) is 0.703. The molecule has 0 saturated carbocycles. The molecule has 0 saturated heterocycles. The van der Waals surface area contributed by atoms with Crippen LogP contribution in [0.4, 0.5) is 0 Å². The second kappa shape index (κ2) is 5.68. The van der Waals surface area contributed by atoms with Gasteiger partial charge in [0, 0.05) is 4.47 Å². The van der Waals surface area contributed by atoms with Crippen molar-refractivity contribution >= 4 is 37.8 Å². The summed E-state index contributed by atoms with van der Waals surface area (Å²) in [6, 6.07) is 2.41. The molecular formula is C10H11BrN2O5S. The van der Waals surface area contributed by atoms with E-state index in [2.05, 4.69) is 15.9 Å². The molecule has 19 heavy (non-hydrogen) atoms. The van der Waals surface area contributed by atoms with E-state index in [1.165, 1.54) is 19.1 Å². The predicted octanol–water partition coefficient (Wildman–Crippen LogP) is 0.299. The Bertz CT molecular complexity index is 629. The van der Waals surface area contributed by atoms with Gasteiger partial charge in [-0.1, -0.05) is 0 Å². The molecule has 7 nitrogen and oxygen atoms in total. The van der Waals surface area contributed by atoms with Crippen molar-refractivity contribution in [3.05, 3.63) is 28.2 Å². The molecule has 0 bridgehead atoms. The number of carbonyl (C=O) groups is 2. The number of rotatable bonds is 5. The number of aromatic carboxylic acids is 1. The van der Waals surface area contributed by atoms with Crippen molar-refractivity contribution < 1.29 is 23.1 Å². The van der Waals surface area contributed by atoms with Gasteiger partial charge < -0.3 is 10.8 Å². The summed E-state index contributed by atoms with van der Waals surface area (Å²) in [6.07, 6.45) is 0. The number of hydrogen-bond acceptors (Lipinski definition) is 4. The highest BCUT2D eigenvalue weighted by Gasteiger charge is 2.22. The molecule has 0 aliphatic heterocycles. The zero-order chi connectivity index (χ0) is 14.8. The standard InChI is InChI=1S/C10H11BrN2O5S/c1-5(9(12)14)13-19(17,18)6-2-3-8(11)7(4-6)10(15)16/h2-5,13H,1H3,(H2,12,14)(H,15,16). The van der Waals surface area contributed by atoms with Gasteiger partial charge in [-0.3, -0.25) is 4.79 Å². The Hall–Kier alpha value is -1.45. The topological polar surface area (TPSA) is 127 Å². The number of hydrogen-bond donors (Lipinski definition) is 3. The molecule has 4 N–H and O–H groups in total. The predicted molar refractivity (Wildman–Crippen MR) is 70.1 cm³/mol. The van der Waals surface area contributed by atoms with Crippen LogP contribution in [0.25, 0.3) is 0 Å². The van der Waals surface area contributed by atoms with E-state index in [0.29, 0.717) is 0 Å². The second-order valence-corrected chi connectivity index (χ2v) is 6.26. The minimum absolute atomic E-state index is 0.199. The smallest absolute Gasteiger partial charge is 0.336 e. The third-order valence-corrected chi connectivity index (χ3v) is 4.47. The second-order valence-electron chi connectivity index (χ2n) is 3.69. The number of sulfonamides is 1. The fraction of sp³-hybridized carbons (Fsp3) is 0.200. The Morgan fingerprint density at radius 2 is 2.00 bits per heavy atom. The van der Waals surface area contributed by atoms with Gasteiger partial charge in [0.25, 0.3) is 0 Å². The fourth-order valence-corrected chi connectivity index (χ4v) is 2.85. The number of halogens is 1. The number of carboxylic acids is 1. The van der Waals surface area contributed by atoms with Crippen molar-refractivity contribution in [2.75, 3.05) is 0 Å². The summed E-state index contributed by atoms with van der Waals surface area (Å²) in [5.41, 5.74) is 4.76. The summed E-state index contributed by atoms with van der Waals surface area (Å²) in [4.78, 5) is 21.5. The van der Waals surface area contributed by atoms with Crippen molar-refractivity contribution in [3.63, 3.8) is 0 Å². The highest BCUT2D eigenvalue weighted by Crippen LogP contribution is 2.21. The lowest BCUT2D eigenvalue weighted by Crippen LogP contribution is -2.42. The molecule has 104 valence electrons. The summed E-state index contributed by atoms with van der Waals surface area (Å²) in [5.74, 6) is -2.11. The monoisotopic (exact) mass is 350 g/mol. The first-order valence-corrected chi connectivity index (χ1v) is 7.27. The number of primary amides is 1. The highest BCUT2D eigenvalue weighted by molar-refractivity contribution is 9.10. The summed E-state index contributed by atoms with van der Waals surface area (Å²) in [6.45, 7) is 1.29. The molecule has 0 aliphatic carbocycles. The van der Waals surface area contributed by atoms with Crippen molar-refractivity contribution in [1.82, 2.24) is 4.72 Å². The Labute approximate surface area is 118 Å². The van der Waals surface area contributed by atoms with Crippen molar-refractivity contribution in [2.24, 2.45) is 5.73 Å². The number of carboxylic acid groups (broad SMARTS) is 1. The average molecular weight is 351 g/mol. The Balaban J connectivity index is 3.19. The Morgan fingerprint density at radius 1 is 1.42 bits per heavy atom. The molecule has 1 amide bonds. The maximum atomic E-state index is 11.9. The third-order valence-electron chi connectivity index (χ3n) is 2.24. The van der Waals surface area contributed by atoms with Gasteiger partial charge in [-0.2, -0.15) is 4.72 Å². The maximum Gasteiger partial charge on any atom is 0.336 e. The molecule has 1 atom stereocenters. The number of amides is 1. The van der Waals surface area contributed by atoms with Gasteiger partial charge >= 0.3 is 5.97 Å². The fourth-order valence-electron chi connectivity index (χ4n) is 1.19. The van der Waals surface area contributed by atoms with Crippen LogP contribution in [0.2, 0.25) is 0 Å². The lowest BCUT2D eigenvalue weighted by atomic mass is 10.2. The van der Waals surface area contributed by atoms with Crippen LogP contribution >= 0.6 is 15.9 Å². The lowest BCUT2D eigenvalue weighted by Gasteiger charge is -2.11. The van der Waals surface area contributed by atoms with Crippen LogP contribution in [-0.4, -0.2) is 31.4 Å². The molecule has 0 fully saturated rings. The van der Waals surface area contributed by atoms with E-state index in [-0.39, 0.29) is 14.9 Å². The van der Waals surface area contributed by atoms with Crippen LogP contribution < -0.4 is 10.5 Å². The molecule has 1 aromatic carbocycles. The van der Waals surface area contributed by atoms with Crippen LogP contribution in [0.15, 0.2) is 27.6 Å². The van der Waals surface area contributed by atoms with E-state index in [9.17, 15) is 18.0 Å². The van der Waals surface area contributed by atoms with E-state index < -0.39 is 27.9 Å². The maximum absolute atomic E-state index is 11.9. The summed E-state index contributed by atoms with van der Waals surface area (Å²) >= 11 is 3.00. The van der Waals surface area contributed by atoms with Gasteiger partial charge in [0.1, 0.15) is 0 Å². The molecule has 0 aliphatic rings. The van der Waals surface area contributed by atoms with Gasteiger partial charge in [-0.25, -0.2) is 13.2 Å². The molecule has 1 unspecified atom stereocenters. The van der Waals surface area contributed by atoms with Crippen LogP contribution in [0.5, 0.6) is 0 Å². The summed E-state index contributed by atoms with van der Waals surface area (Å²) < 4.78 is 26.1. The number of nitrogens with one attached hydrogen (secondary N) is 1. The molecular weight excluding hydrogens is 340 g/mol. The van der Waals surface area contributed by atoms with Gasteiger partial charge in [-0.05, 0) is 41.1 Å². The van der Waals surface area contributed by atoms with Crippen molar-refractivity contribution in [1.29, 1.82) is 0 Å². The average Bonchev–Trinajstić information content (AvgIpc) is 2.27. The largest absolute Gasteiger partial charge is 0.478 e. The van der Waals surface area contributed by atoms with Gasteiger partial charge in [0.2, 0.25) is 15.9 Å². The first-order valence-electron chi connectivity index (χ1n) is 4.99. The zero-order valence-electron chi connectivity index (χ0n) is 9.75. The van der Waals surface area contributed by atoms with Crippen LogP contribution in [-0.2, 0) is 14.8 Å². The van der Waals surface area contributed by atoms with E-state index in [0.717, 1.165) is 6.07 Å². The van der Waals surface area contributed by atoms with E-state index in [4.69, 9.17) is 10.8 Å². The summed E-state index contributed by atoms with van der Waals surface area (Å²) in [7, 11) is -4.01. The third kappa shape index (κ3) is 3.75. The highest BCUT2D eigenvalue weighted by atomic mass is 79.9. The van der Waals surface area contributed by atoms with Crippen molar-refractivity contribution in [2.45, 2.75) is 17.9 Å². The normalized spacial score (nSPS) is 12.9. The molecule has 1 rings (SSSR count). The van der Waals surface area contributed by atoms with Crippen molar-refractivity contribution in [3.8, 4) is 0 Å². The minimum Gasteiger partial charge on any atom is -0.478 e. The Morgan fingerprint density at radius 3 is 2.47 bits per heavy atom. The molecule has 0 aromatic heterocycles. The molecule has 0 radical (unpaired) electrons. The Kier molecular flexibility index (Phi) is 4.66. The number of nitrogens with two attached hydrogens (primary N) is 1. The first kappa shape index (κ1) is 15.6. The lowest BCUT2D eigenvalue weighted by molar-refractivity contribution is -0.119. The zero-order valence-corrected chi connectivity index (χ0v) is 12.2. The molecule has 1 aromatic rings. The molecule has 0 heterocycles. The van der Waals surface area contributed by atoms with Gasteiger partial charge in [0.05, 0.1) is 16.5 Å². The van der Waals surface area contributed by atoms with E-state index >= 15 is 0 Å². The van der Waals surface area contributed by atoms with Gasteiger partial charge in [-0.15, -0.1) is 0 Å². The number of carbonyl (C=O) groups excluding carboxylic acids is 1. The minimum atomic E-state index is -4.01. The van der Waals surface area contributed by atoms with E-state index in [1.54, 1.807) is 0 Å². The van der Waals surface area contributed by atoms with Crippen LogP contribution in [0, 0.1) is 0 Å². The number of benzene rings is 1. The summed E-state index contributed by atoms with van der Waals surface area (Å²) in [5, 5.41) is 8.91. The molecule has 9 heteroatoms. The van der Waals surface area contributed by atoms with Crippen LogP contribution in [0.1, 0.15) is 17.3 Å². The SMILES string of the molecule is CC(NS(=O)(=O)c1ccc(Br)c(C(=O)O)c1)C(N)=O.